The first-order chi connectivity index (χ1) is 9.47. The standard InChI is InChI=1S/C14H14ClNO4/c1-8-12(18)13(19)11(16(6-7-17)14(8)20)9-2-4-10(15)5-3-9/h2-5,17,19-20H,6-7H2,1H3. The van der Waals surface area contributed by atoms with Crippen LogP contribution >= 0.6 is 11.6 Å². The number of aliphatic hydroxyl groups is 1. The van der Waals surface area contributed by atoms with Gasteiger partial charge in [-0.05, 0) is 19.1 Å². The van der Waals surface area contributed by atoms with Gasteiger partial charge >= 0.3 is 0 Å². The second-order valence-electron chi connectivity index (χ2n) is 4.36. The van der Waals surface area contributed by atoms with Gasteiger partial charge in [0, 0.05) is 17.1 Å². The summed E-state index contributed by atoms with van der Waals surface area (Å²) in [6.07, 6.45) is 0. The lowest BCUT2D eigenvalue weighted by atomic mass is 10.1. The number of aliphatic hydroxyl groups excluding tert-OH is 1. The lowest BCUT2D eigenvalue weighted by molar-refractivity contribution is 0.265. The summed E-state index contributed by atoms with van der Waals surface area (Å²) >= 11 is 5.81. The van der Waals surface area contributed by atoms with Crippen LogP contribution in [-0.4, -0.2) is 26.5 Å². The third-order valence-corrected chi connectivity index (χ3v) is 3.33. The lowest BCUT2D eigenvalue weighted by Gasteiger charge is -2.17. The van der Waals surface area contributed by atoms with Gasteiger partial charge in [0.15, 0.2) is 11.6 Å². The van der Waals surface area contributed by atoms with E-state index in [0.717, 1.165) is 0 Å². The summed E-state index contributed by atoms with van der Waals surface area (Å²) in [5.41, 5.74) is 0.0758. The van der Waals surface area contributed by atoms with Crippen LogP contribution in [0.25, 0.3) is 11.3 Å². The Bertz CT molecular complexity index is 692. The van der Waals surface area contributed by atoms with Gasteiger partial charge in [-0.3, -0.25) is 4.79 Å². The van der Waals surface area contributed by atoms with Crippen molar-refractivity contribution in [3.05, 3.63) is 45.1 Å². The maximum Gasteiger partial charge on any atom is 0.230 e. The maximum absolute atomic E-state index is 11.9. The van der Waals surface area contributed by atoms with Crippen LogP contribution < -0.4 is 5.43 Å². The fourth-order valence-electron chi connectivity index (χ4n) is 2.04. The first kappa shape index (κ1) is 14.4. The van der Waals surface area contributed by atoms with Gasteiger partial charge in [0.1, 0.15) is 0 Å². The average molecular weight is 296 g/mol. The Kier molecular flexibility index (Phi) is 4.01. The predicted molar refractivity (Wildman–Crippen MR) is 76.3 cm³/mol. The highest BCUT2D eigenvalue weighted by molar-refractivity contribution is 6.30. The van der Waals surface area contributed by atoms with Gasteiger partial charge in [0.25, 0.3) is 0 Å². The minimum Gasteiger partial charge on any atom is -0.503 e. The summed E-state index contributed by atoms with van der Waals surface area (Å²) in [5, 5.41) is 29.7. The number of benzene rings is 1. The Morgan fingerprint density at radius 3 is 2.35 bits per heavy atom. The van der Waals surface area contributed by atoms with Gasteiger partial charge in [-0.15, -0.1) is 0 Å². The van der Waals surface area contributed by atoms with E-state index >= 15 is 0 Å². The summed E-state index contributed by atoms with van der Waals surface area (Å²) in [7, 11) is 0. The zero-order chi connectivity index (χ0) is 14.9. The second-order valence-corrected chi connectivity index (χ2v) is 4.79. The van der Waals surface area contributed by atoms with E-state index in [1.807, 2.05) is 0 Å². The van der Waals surface area contributed by atoms with Crippen LogP contribution in [0.15, 0.2) is 29.1 Å². The molecule has 0 amide bonds. The summed E-state index contributed by atoms with van der Waals surface area (Å²) in [5.74, 6) is -0.733. The molecular formula is C14H14ClNO4. The van der Waals surface area contributed by atoms with Crippen molar-refractivity contribution in [1.29, 1.82) is 0 Å². The molecule has 5 nitrogen and oxygen atoms in total. The Balaban J connectivity index is 2.79. The van der Waals surface area contributed by atoms with Gasteiger partial charge in [0.05, 0.1) is 17.9 Å². The number of hydrogen-bond donors (Lipinski definition) is 3. The van der Waals surface area contributed by atoms with Crippen LogP contribution in [-0.2, 0) is 6.54 Å². The normalized spacial score (nSPS) is 10.8. The van der Waals surface area contributed by atoms with E-state index in [9.17, 15) is 15.0 Å². The molecule has 20 heavy (non-hydrogen) atoms. The third kappa shape index (κ3) is 2.37. The van der Waals surface area contributed by atoms with Crippen LogP contribution in [0.1, 0.15) is 5.56 Å². The zero-order valence-corrected chi connectivity index (χ0v) is 11.6. The molecule has 0 aliphatic carbocycles. The van der Waals surface area contributed by atoms with Crippen LogP contribution in [0.4, 0.5) is 0 Å². The van der Waals surface area contributed by atoms with E-state index in [2.05, 4.69) is 0 Å². The summed E-state index contributed by atoms with van der Waals surface area (Å²) in [6, 6.07) is 6.47. The summed E-state index contributed by atoms with van der Waals surface area (Å²) in [6.45, 7) is 1.23. The second kappa shape index (κ2) is 5.56. The van der Waals surface area contributed by atoms with Crippen molar-refractivity contribution >= 4 is 11.6 Å². The zero-order valence-electron chi connectivity index (χ0n) is 10.8. The predicted octanol–water partition coefficient (Wildman–Crippen LogP) is 1.88. The summed E-state index contributed by atoms with van der Waals surface area (Å²) in [4.78, 5) is 11.9. The van der Waals surface area contributed by atoms with Crippen LogP contribution in [0.3, 0.4) is 0 Å². The van der Waals surface area contributed by atoms with Crippen molar-refractivity contribution in [1.82, 2.24) is 4.57 Å². The smallest absolute Gasteiger partial charge is 0.230 e. The van der Waals surface area contributed by atoms with Gasteiger partial charge in [-0.25, -0.2) is 0 Å². The molecule has 0 saturated carbocycles. The quantitative estimate of drug-likeness (QED) is 0.807. The number of rotatable bonds is 3. The highest BCUT2D eigenvalue weighted by Gasteiger charge is 2.19. The number of hydrogen-bond acceptors (Lipinski definition) is 4. The first-order valence-electron chi connectivity index (χ1n) is 5.99. The van der Waals surface area contributed by atoms with Crippen molar-refractivity contribution in [3.63, 3.8) is 0 Å². The Hall–Kier alpha value is -1.98. The van der Waals surface area contributed by atoms with Crippen LogP contribution in [0.2, 0.25) is 5.02 Å². The molecule has 0 unspecified atom stereocenters. The Morgan fingerprint density at radius 1 is 1.20 bits per heavy atom. The van der Waals surface area contributed by atoms with Crippen LogP contribution in [0, 0.1) is 6.92 Å². The van der Waals surface area contributed by atoms with E-state index < -0.39 is 11.2 Å². The molecule has 0 spiro atoms. The minimum absolute atomic E-state index is 0.0358. The molecule has 0 aliphatic heterocycles. The van der Waals surface area contributed by atoms with Crippen molar-refractivity contribution < 1.29 is 15.3 Å². The highest BCUT2D eigenvalue weighted by Crippen LogP contribution is 2.32. The molecule has 6 heteroatoms. The Labute approximate surface area is 120 Å². The van der Waals surface area contributed by atoms with Crippen molar-refractivity contribution in [3.8, 4) is 22.9 Å². The molecule has 2 rings (SSSR count). The molecule has 0 aliphatic rings. The largest absolute Gasteiger partial charge is 0.503 e. The number of pyridine rings is 1. The third-order valence-electron chi connectivity index (χ3n) is 3.08. The van der Waals surface area contributed by atoms with Crippen molar-refractivity contribution in [2.24, 2.45) is 0 Å². The SMILES string of the molecule is Cc1c(O)n(CCO)c(-c2ccc(Cl)cc2)c(O)c1=O. The number of halogens is 1. The molecule has 0 saturated heterocycles. The van der Waals surface area contributed by atoms with Gasteiger partial charge < -0.3 is 19.9 Å². The number of aromatic hydroxyl groups is 2. The monoisotopic (exact) mass is 295 g/mol. The molecule has 3 N–H and O–H groups in total. The molecule has 0 bridgehead atoms. The highest BCUT2D eigenvalue weighted by atomic mass is 35.5. The number of nitrogens with zero attached hydrogens (tertiary/aromatic N) is 1. The van der Waals surface area contributed by atoms with Crippen LogP contribution in [0.5, 0.6) is 11.6 Å². The minimum atomic E-state index is -0.637. The molecule has 2 aromatic rings. The molecule has 1 heterocycles. The molecule has 106 valence electrons. The fraction of sp³-hybridized carbons (Fsp3) is 0.214. The van der Waals surface area contributed by atoms with Gasteiger partial charge in [0.2, 0.25) is 5.43 Å². The van der Waals surface area contributed by atoms with E-state index in [1.54, 1.807) is 24.3 Å². The topological polar surface area (TPSA) is 82.7 Å². The fourth-order valence-corrected chi connectivity index (χ4v) is 2.17. The van der Waals surface area contributed by atoms with Gasteiger partial charge in [-0.2, -0.15) is 0 Å². The Morgan fingerprint density at radius 2 is 1.80 bits per heavy atom. The maximum atomic E-state index is 11.9. The lowest BCUT2D eigenvalue weighted by Crippen LogP contribution is -2.16. The van der Waals surface area contributed by atoms with Gasteiger partial charge in [-0.1, -0.05) is 23.7 Å². The average Bonchev–Trinajstić information content (AvgIpc) is 2.44. The van der Waals surface area contributed by atoms with Crippen molar-refractivity contribution in [2.45, 2.75) is 13.5 Å². The molecule has 0 atom stereocenters. The van der Waals surface area contributed by atoms with E-state index in [-0.39, 0.29) is 30.3 Å². The molecule has 1 aromatic heterocycles. The molecular weight excluding hydrogens is 282 g/mol. The van der Waals surface area contributed by atoms with E-state index in [1.165, 1.54) is 11.5 Å². The molecule has 1 aromatic carbocycles. The first-order valence-corrected chi connectivity index (χ1v) is 6.37. The molecule has 0 fully saturated rings. The molecule has 0 radical (unpaired) electrons. The van der Waals surface area contributed by atoms with Crippen molar-refractivity contribution in [2.75, 3.05) is 6.61 Å². The summed E-state index contributed by atoms with van der Waals surface area (Å²) < 4.78 is 1.30. The number of aromatic nitrogens is 1. The van der Waals surface area contributed by atoms with E-state index in [0.29, 0.717) is 10.6 Å². The van der Waals surface area contributed by atoms with E-state index in [4.69, 9.17) is 16.7 Å².